The normalized spacial score (nSPS) is 16.9. The standard InChI is InChI=1S/C18H22N6O3/c1-27-18(26)13-9-20-16(10-19-13)23-6-5-15-22-14(11-24(15)8-7-23)17(25)21-12-3-2-4-12/h9-12H,2-8H2,1H3,(H,21,25). The monoisotopic (exact) mass is 370 g/mol. The summed E-state index contributed by atoms with van der Waals surface area (Å²) in [6.07, 6.45) is 8.85. The first-order valence-corrected chi connectivity index (χ1v) is 9.16. The summed E-state index contributed by atoms with van der Waals surface area (Å²) < 4.78 is 6.67. The molecule has 0 spiro atoms. The molecule has 9 nitrogen and oxygen atoms in total. The summed E-state index contributed by atoms with van der Waals surface area (Å²) in [4.78, 5) is 38.8. The van der Waals surface area contributed by atoms with Crippen molar-refractivity contribution in [1.82, 2.24) is 24.8 Å². The Labute approximate surface area is 156 Å². The molecule has 1 N–H and O–H groups in total. The highest BCUT2D eigenvalue weighted by molar-refractivity contribution is 5.92. The number of esters is 1. The van der Waals surface area contributed by atoms with Gasteiger partial charge in [-0.2, -0.15) is 0 Å². The molecule has 0 atom stereocenters. The van der Waals surface area contributed by atoms with Crippen LogP contribution in [0.4, 0.5) is 5.82 Å². The van der Waals surface area contributed by atoms with Crippen LogP contribution in [0.15, 0.2) is 18.6 Å². The van der Waals surface area contributed by atoms with Crippen LogP contribution in [0.1, 0.15) is 46.1 Å². The molecule has 0 aromatic carbocycles. The number of nitrogens with one attached hydrogen (secondary N) is 1. The summed E-state index contributed by atoms with van der Waals surface area (Å²) in [5.74, 6) is 1.02. The lowest BCUT2D eigenvalue weighted by atomic mass is 9.93. The molecule has 3 heterocycles. The Bertz CT molecular complexity index is 818. The van der Waals surface area contributed by atoms with Gasteiger partial charge < -0.3 is 19.5 Å². The zero-order valence-corrected chi connectivity index (χ0v) is 15.2. The van der Waals surface area contributed by atoms with Gasteiger partial charge in [0.05, 0.1) is 19.5 Å². The summed E-state index contributed by atoms with van der Waals surface area (Å²) in [6.45, 7) is 2.14. The predicted octanol–water partition coefficient (Wildman–Crippen LogP) is 0.805. The Morgan fingerprint density at radius 3 is 2.67 bits per heavy atom. The third-order valence-electron chi connectivity index (χ3n) is 5.11. The van der Waals surface area contributed by atoms with E-state index in [-0.39, 0.29) is 11.6 Å². The minimum atomic E-state index is -0.502. The fourth-order valence-electron chi connectivity index (χ4n) is 3.27. The summed E-state index contributed by atoms with van der Waals surface area (Å²) in [6, 6.07) is 0.307. The largest absolute Gasteiger partial charge is 0.464 e. The molecular formula is C18H22N6O3. The number of fused-ring (bicyclic) bond motifs is 1. The van der Waals surface area contributed by atoms with E-state index in [1.807, 2.05) is 10.8 Å². The molecule has 1 aliphatic carbocycles. The van der Waals surface area contributed by atoms with Crippen LogP contribution < -0.4 is 10.2 Å². The minimum Gasteiger partial charge on any atom is -0.464 e. The van der Waals surface area contributed by atoms with Crippen molar-refractivity contribution in [3.8, 4) is 0 Å². The molecule has 2 aliphatic rings. The van der Waals surface area contributed by atoms with Crippen LogP contribution in [0.3, 0.4) is 0 Å². The predicted molar refractivity (Wildman–Crippen MR) is 96.6 cm³/mol. The van der Waals surface area contributed by atoms with Crippen molar-refractivity contribution >= 4 is 17.7 Å². The lowest BCUT2D eigenvalue weighted by molar-refractivity contribution is 0.0593. The van der Waals surface area contributed by atoms with Gasteiger partial charge in [-0.3, -0.25) is 4.79 Å². The Morgan fingerprint density at radius 2 is 2.00 bits per heavy atom. The van der Waals surface area contributed by atoms with Gasteiger partial charge in [0.2, 0.25) is 0 Å². The van der Waals surface area contributed by atoms with Gasteiger partial charge in [-0.15, -0.1) is 0 Å². The van der Waals surface area contributed by atoms with Crippen LogP contribution in [0.25, 0.3) is 0 Å². The average molecular weight is 370 g/mol. The molecule has 2 aromatic rings. The second-order valence-corrected chi connectivity index (χ2v) is 6.83. The van der Waals surface area contributed by atoms with Crippen LogP contribution in [-0.2, 0) is 17.7 Å². The third-order valence-corrected chi connectivity index (χ3v) is 5.11. The Hall–Kier alpha value is -2.97. The van der Waals surface area contributed by atoms with Gasteiger partial charge in [-0.1, -0.05) is 0 Å². The molecule has 0 radical (unpaired) electrons. The zero-order valence-electron chi connectivity index (χ0n) is 15.2. The summed E-state index contributed by atoms with van der Waals surface area (Å²) in [7, 11) is 1.31. The number of hydrogen-bond acceptors (Lipinski definition) is 7. The van der Waals surface area contributed by atoms with E-state index in [4.69, 9.17) is 0 Å². The highest BCUT2D eigenvalue weighted by atomic mass is 16.5. The maximum Gasteiger partial charge on any atom is 0.358 e. The first kappa shape index (κ1) is 17.4. The fraction of sp³-hybridized carbons (Fsp3) is 0.500. The van der Waals surface area contributed by atoms with Crippen molar-refractivity contribution in [3.05, 3.63) is 35.8 Å². The lowest BCUT2D eigenvalue weighted by Crippen LogP contribution is -2.39. The van der Waals surface area contributed by atoms with Crippen LogP contribution in [0.5, 0.6) is 0 Å². The number of ether oxygens (including phenoxy) is 1. The highest BCUT2D eigenvalue weighted by Gasteiger charge is 2.24. The second-order valence-electron chi connectivity index (χ2n) is 6.83. The quantitative estimate of drug-likeness (QED) is 0.794. The second kappa shape index (κ2) is 7.34. The van der Waals surface area contributed by atoms with Crippen molar-refractivity contribution in [2.75, 3.05) is 25.1 Å². The molecule has 9 heteroatoms. The number of imidazole rings is 1. The maximum absolute atomic E-state index is 12.3. The lowest BCUT2D eigenvalue weighted by Gasteiger charge is -2.25. The van der Waals surface area contributed by atoms with Crippen molar-refractivity contribution in [1.29, 1.82) is 0 Å². The molecule has 0 unspecified atom stereocenters. The molecule has 142 valence electrons. The number of hydrogen-bond donors (Lipinski definition) is 1. The molecule has 0 bridgehead atoms. The fourth-order valence-corrected chi connectivity index (χ4v) is 3.27. The van der Waals surface area contributed by atoms with E-state index in [0.717, 1.165) is 25.2 Å². The molecule has 0 saturated heterocycles. The third kappa shape index (κ3) is 3.62. The number of amides is 1. The maximum atomic E-state index is 12.3. The minimum absolute atomic E-state index is 0.0820. The van der Waals surface area contributed by atoms with E-state index >= 15 is 0 Å². The van der Waals surface area contributed by atoms with Gasteiger partial charge in [0, 0.05) is 38.3 Å². The number of nitrogens with zero attached hydrogens (tertiary/aromatic N) is 5. The van der Waals surface area contributed by atoms with Crippen LogP contribution in [0.2, 0.25) is 0 Å². The molecule has 1 aliphatic heterocycles. The van der Waals surface area contributed by atoms with Gasteiger partial charge in [0.15, 0.2) is 5.69 Å². The van der Waals surface area contributed by atoms with Gasteiger partial charge in [-0.25, -0.2) is 19.7 Å². The van der Waals surface area contributed by atoms with Crippen molar-refractivity contribution in [3.63, 3.8) is 0 Å². The van der Waals surface area contributed by atoms with Crippen molar-refractivity contribution in [2.24, 2.45) is 0 Å². The van der Waals surface area contributed by atoms with Crippen LogP contribution in [-0.4, -0.2) is 57.6 Å². The van der Waals surface area contributed by atoms with Crippen molar-refractivity contribution in [2.45, 2.75) is 38.3 Å². The summed E-state index contributed by atoms with van der Waals surface area (Å²) in [5.41, 5.74) is 0.679. The molecule has 1 fully saturated rings. The topological polar surface area (TPSA) is 102 Å². The summed E-state index contributed by atoms with van der Waals surface area (Å²) >= 11 is 0. The van der Waals surface area contributed by atoms with E-state index in [1.165, 1.54) is 19.7 Å². The Balaban J connectivity index is 1.40. The summed E-state index contributed by atoms with van der Waals surface area (Å²) in [5, 5.41) is 3.03. The van der Waals surface area contributed by atoms with Crippen LogP contribution in [0, 0.1) is 0 Å². The van der Waals surface area contributed by atoms with E-state index in [1.54, 1.807) is 6.20 Å². The van der Waals surface area contributed by atoms with Crippen LogP contribution >= 0.6 is 0 Å². The molecular weight excluding hydrogens is 348 g/mol. The molecule has 1 amide bonds. The smallest absolute Gasteiger partial charge is 0.358 e. The number of anilines is 1. The Kier molecular flexibility index (Phi) is 4.74. The number of aromatic nitrogens is 4. The number of carbonyl (C=O) groups is 2. The zero-order chi connectivity index (χ0) is 18.8. The molecule has 1 saturated carbocycles. The van der Waals surface area contributed by atoms with Crippen molar-refractivity contribution < 1.29 is 14.3 Å². The molecule has 2 aromatic heterocycles. The van der Waals surface area contributed by atoms with E-state index in [2.05, 4.69) is 29.9 Å². The number of rotatable bonds is 4. The first-order valence-electron chi connectivity index (χ1n) is 9.16. The van der Waals surface area contributed by atoms with Gasteiger partial charge in [0.25, 0.3) is 5.91 Å². The van der Waals surface area contributed by atoms with Gasteiger partial charge in [-0.05, 0) is 19.3 Å². The van der Waals surface area contributed by atoms with E-state index in [9.17, 15) is 9.59 Å². The van der Waals surface area contributed by atoms with Gasteiger partial charge >= 0.3 is 5.97 Å². The molecule has 4 rings (SSSR count). The van der Waals surface area contributed by atoms with Gasteiger partial charge in [0.1, 0.15) is 17.3 Å². The SMILES string of the molecule is COC(=O)c1cnc(N2CCc3nc(C(=O)NC4CCC4)cn3CC2)cn1. The van der Waals surface area contributed by atoms with E-state index < -0.39 is 5.97 Å². The first-order chi connectivity index (χ1) is 13.1. The number of carbonyl (C=O) groups excluding carboxylic acids is 2. The highest BCUT2D eigenvalue weighted by Crippen LogP contribution is 2.19. The Morgan fingerprint density at radius 1 is 1.15 bits per heavy atom. The average Bonchev–Trinajstić information content (AvgIpc) is 2.97. The van der Waals surface area contributed by atoms with E-state index in [0.29, 0.717) is 37.1 Å². The molecule has 27 heavy (non-hydrogen) atoms. The number of methoxy groups -OCH3 is 1.